The SMILES string of the molecule is CN(C)c1cc(NC2CCC(NC(=O)c3ccccc3C(=O)c3cccc4ccccc34)CC2)nc2ccccc12. The quantitative estimate of drug-likeness (QED) is 0.220. The molecular formula is C35H34N4O2. The van der Waals surface area contributed by atoms with Gasteiger partial charge >= 0.3 is 0 Å². The zero-order valence-electron chi connectivity index (χ0n) is 23.4. The Labute approximate surface area is 240 Å². The van der Waals surface area contributed by atoms with Crippen LogP contribution in [0.15, 0.2) is 97.1 Å². The lowest BCUT2D eigenvalue weighted by Crippen LogP contribution is -2.40. The van der Waals surface area contributed by atoms with Crippen LogP contribution < -0.4 is 15.5 Å². The molecule has 1 aromatic heterocycles. The van der Waals surface area contributed by atoms with Crippen LogP contribution >= 0.6 is 0 Å². The van der Waals surface area contributed by atoms with Gasteiger partial charge in [0.05, 0.1) is 11.1 Å². The van der Waals surface area contributed by atoms with Gasteiger partial charge in [-0.2, -0.15) is 0 Å². The number of benzene rings is 4. The summed E-state index contributed by atoms with van der Waals surface area (Å²) < 4.78 is 0. The first kappa shape index (κ1) is 26.5. The number of nitrogens with one attached hydrogen (secondary N) is 2. The van der Waals surface area contributed by atoms with E-state index in [0.29, 0.717) is 16.7 Å². The van der Waals surface area contributed by atoms with Crippen LogP contribution in [0.25, 0.3) is 21.7 Å². The predicted octanol–water partition coefficient (Wildman–Crippen LogP) is 6.84. The lowest BCUT2D eigenvalue weighted by atomic mass is 9.90. The molecule has 0 aliphatic heterocycles. The molecule has 0 bridgehead atoms. The molecule has 0 radical (unpaired) electrons. The zero-order chi connectivity index (χ0) is 28.3. The van der Waals surface area contributed by atoms with Gasteiger partial charge in [-0.25, -0.2) is 4.98 Å². The summed E-state index contributed by atoms with van der Waals surface area (Å²) in [5.74, 6) is 0.540. The molecule has 4 aromatic carbocycles. The van der Waals surface area contributed by atoms with Crippen molar-refractivity contribution in [2.45, 2.75) is 37.8 Å². The number of nitrogens with zero attached hydrogens (tertiary/aromatic N) is 2. The van der Waals surface area contributed by atoms with Crippen molar-refractivity contribution in [1.29, 1.82) is 0 Å². The molecule has 6 nitrogen and oxygen atoms in total. The van der Waals surface area contributed by atoms with Gasteiger partial charge < -0.3 is 15.5 Å². The van der Waals surface area contributed by atoms with Crippen LogP contribution in [0.4, 0.5) is 11.5 Å². The first-order chi connectivity index (χ1) is 20.0. The third-order valence-corrected chi connectivity index (χ3v) is 8.04. The molecule has 206 valence electrons. The fourth-order valence-electron chi connectivity index (χ4n) is 5.90. The minimum Gasteiger partial charge on any atom is -0.377 e. The van der Waals surface area contributed by atoms with E-state index < -0.39 is 0 Å². The Morgan fingerprint density at radius 2 is 1.32 bits per heavy atom. The van der Waals surface area contributed by atoms with Crippen molar-refractivity contribution in [1.82, 2.24) is 10.3 Å². The van der Waals surface area contributed by atoms with E-state index in [4.69, 9.17) is 4.98 Å². The molecule has 2 N–H and O–H groups in total. The number of para-hydroxylation sites is 1. The number of rotatable bonds is 7. The largest absolute Gasteiger partial charge is 0.377 e. The van der Waals surface area contributed by atoms with Crippen molar-refractivity contribution < 1.29 is 9.59 Å². The van der Waals surface area contributed by atoms with Crippen molar-refractivity contribution >= 4 is 44.9 Å². The molecule has 0 atom stereocenters. The maximum Gasteiger partial charge on any atom is 0.252 e. The number of carbonyl (C=O) groups excluding carboxylic acids is 2. The molecule has 1 fully saturated rings. The van der Waals surface area contributed by atoms with Crippen LogP contribution in [0.1, 0.15) is 52.0 Å². The highest BCUT2D eigenvalue weighted by atomic mass is 16.2. The van der Waals surface area contributed by atoms with E-state index in [-0.39, 0.29) is 23.8 Å². The minimum atomic E-state index is -0.197. The molecule has 5 aromatic rings. The van der Waals surface area contributed by atoms with E-state index in [1.165, 1.54) is 0 Å². The molecule has 0 saturated heterocycles. The molecule has 6 rings (SSSR count). The average Bonchev–Trinajstić information content (AvgIpc) is 3.01. The summed E-state index contributed by atoms with van der Waals surface area (Å²) in [5.41, 5.74) is 3.56. The van der Waals surface area contributed by atoms with Crippen LogP contribution in [0.2, 0.25) is 0 Å². The summed E-state index contributed by atoms with van der Waals surface area (Å²) in [6.07, 6.45) is 3.56. The molecule has 1 saturated carbocycles. The van der Waals surface area contributed by atoms with Gasteiger partial charge in [-0.3, -0.25) is 9.59 Å². The Morgan fingerprint density at radius 1 is 0.707 bits per heavy atom. The first-order valence-electron chi connectivity index (χ1n) is 14.2. The predicted molar refractivity (Wildman–Crippen MR) is 167 cm³/mol. The van der Waals surface area contributed by atoms with E-state index in [9.17, 15) is 9.59 Å². The van der Waals surface area contributed by atoms with Crippen molar-refractivity contribution in [3.63, 3.8) is 0 Å². The molecule has 0 unspecified atom stereocenters. The van der Waals surface area contributed by atoms with Crippen LogP contribution in [-0.2, 0) is 0 Å². The number of fused-ring (bicyclic) bond motifs is 2. The van der Waals surface area contributed by atoms with E-state index in [1.54, 1.807) is 12.1 Å². The summed E-state index contributed by atoms with van der Waals surface area (Å²) in [6, 6.07) is 31.3. The van der Waals surface area contributed by atoms with Crippen molar-refractivity contribution in [3.8, 4) is 0 Å². The maximum absolute atomic E-state index is 13.6. The number of ketones is 1. The van der Waals surface area contributed by atoms with Crippen LogP contribution in [-0.4, -0.2) is 42.9 Å². The van der Waals surface area contributed by atoms with Crippen LogP contribution in [0.5, 0.6) is 0 Å². The number of hydrogen-bond donors (Lipinski definition) is 2. The minimum absolute atomic E-state index is 0.0585. The van der Waals surface area contributed by atoms with Gasteiger partial charge in [0.15, 0.2) is 5.78 Å². The average molecular weight is 543 g/mol. The second kappa shape index (κ2) is 11.4. The normalized spacial score (nSPS) is 16.8. The molecule has 1 heterocycles. The summed E-state index contributed by atoms with van der Waals surface area (Å²) in [7, 11) is 4.10. The van der Waals surface area contributed by atoms with Crippen molar-refractivity contribution in [2.24, 2.45) is 0 Å². The molecule has 1 amide bonds. The lowest BCUT2D eigenvalue weighted by Gasteiger charge is -2.30. The van der Waals surface area contributed by atoms with E-state index in [1.807, 2.05) is 86.9 Å². The lowest BCUT2D eigenvalue weighted by molar-refractivity contribution is 0.0917. The van der Waals surface area contributed by atoms with E-state index in [2.05, 4.69) is 27.7 Å². The third kappa shape index (κ3) is 5.50. The van der Waals surface area contributed by atoms with Gasteiger partial charge in [-0.15, -0.1) is 0 Å². The number of amides is 1. The second-order valence-corrected chi connectivity index (χ2v) is 11.0. The molecule has 41 heavy (non-hydrogen) atoms. The number of aromatic nitrogens is 1. The molecule has 6 heteroatoms. The Hall–Kier alpha value is -4.71. The van der Waals surface area contributed by atoms with Gasteiger partial charge in [0.25, 0.3) is 5.91 Å². The molecular weight excluding hydrogens is 508 g/mol. The Balaban J connectivity index is 1.13. The highest BCUT2D eigenvalue weighted by Gasteiger charge is 2.25. The fraction of sp³-hybridized carbons (Fsp3) is 0.229. The first-order valence-corrected chi connectivity index (χ1v) is 14.2. The molecule has 1 aliphatic rings. The Morgan fingerprint density at radius 3 is 2.10 bits per heavy atom. The van der Waals surface area contributed by atoms with Crippen LogP contribution in [0.3, 0.4) is 0 Å². The summed E-state index contributed by atoms with van der Waals surface area (Å²) in [4.78, 5) is 34.0. The summed E-state index contributed by atoms with van der Waals surface area (Å²) in [6.45, 7) is 0. The highest BCUT2D eigenvalue weighted by Crippen LogP contribution is 2.30. The van der Waals surface area contributed by atoms with Gasteiger partial charge in [-0.1, -0.05) is 78.9 Å². The maximum atomic E-state index is 13.6. The highest BCUT2D eigenvalue weighted by molar-refractivity contribution is 6.20. The van der Waals surface area contributed by atoms with Crippen LogP contribution in [0, 0.1) is 0 Å². The number of anilines is 2. The Bertz CT molecular complexity index is 1730. The fourth-order valence-corrected chi connectivity index (χ4v) is 5.90. The van der Waals surface area contributed by atoms with Crippen molar-refractivity contribution in [3.05, 3.63) is 114 Å². The zero-order valence-corrected chi connectivity index (χ0v) is 23.4. The number of carbonyl (C=O) groups is 2. The second-order valence-electron chi connectivity index (χ2n) is 11.0. The number of pyridine rings is 1. The van der Waals surface area contributed by atoms with Gasteiger partial charge in [-0.05, 0) is 48.6 Å². The van der Waals surface area contributed by atoms with Gasteiger partial charge in [0, 0.05) is 54.4 Å². The molecule has 1 aliphatic carbocycles. The monoisotopic (exact) mass is 542 g/mol. The summed E-state index contributed by atoms with van der Waals surface area (Å²) in [5, 5.41) is 9.87. The third-order valence-electron chi connectivity index (χ3n) is 8.04. The summed E-state index contributed by atoms with van der Waals surface area (Å²) >= 11 is 0. The van der Waals surface area contributed by atoms with Gasteiger partial charge in [0.1, 0.15) is 5.82 Å². The standard InChI is InChI=1S/C35H34N4O2/c1-39(2)32-22-33(38-31-17-8-7-15-30(31)32)36-24-18-20-25(21-19-24)37-35(41)29-14-6-5-13-28(29)34(40)27-16-9-11-23-10-3-4-12-26(23)27/h3-17,22,24-25H,18-21H2,1-2H3,(H,36,38)(H,37,41). The topological polar surface area (TPSA) is 74.3 Å². The number of hydrogen-bond acceptors (Lipinski definition) is 5. The smallest absolute Gasteiger partial charge is 0.252 e. The van der Waals surface area contributed by atoms with Gasteiger partial charge in [0.2, 0.25) is 0 Å². The van der Waals surface area contributed by atoms with E-state index in [0.717, 1.165) is 58.9 Å². The molecule has 0 spiro atoms. The van der Waals surface area contributed by atoms with E-state index >= 15 is 0 Å². The van der Waals surface area contributed by atoms with Crippen molar-refractivity contribution in [2.75, 3.05) is 24.3 Å². The Kier molecular flexibility index (Phi) is 7.38.